The molecule has 19 heavy (non-hydrogen) atoms. The van der Waals surface area contributed by atoms with E-state index in [1.807, 2.05) is 13.8 Å². The Hall–Kier alpha value is -2.11. The summed E-state index contributed by atoms with van der Waals surface area (Å²) >= 11 is 0. The zero-order valence-electron chi connectivity index (χ0n) is 11.5. The van der Waals surface area contributed by atoms with E-state index >= 15 is 0 Å². The summed E-state index contributed by atoms with van der Waals surface area (Å²) in [7, 11) is 1.59. The number of carbonyl (C=O) groups is 1. The Morgan fingerprint density at radius 2 is 2.26 bits per heavy atom. The summed E-state index contributed by atoms with van der Waals surface area (Å²) in [5.74, 6) is 0.113. The van der Waals surface area contributed by atoms with E-state index in [0.717, 1.165) is 6.42 Å². The normalized spacial score (nSPS) is 12.6. The highest BCUT2D eigenvalue weighted by Crippen LogP contribution is 2.20. The fourth-order valence-electron chi connectivity index (χ4n) is 1.86. The number of hydrogen-bond acceptors (Lipinski definition) is 4. The molecule has 0 aliphatic rings. The SMILES string of the molecule is CCC(C)NC(=O)c1c(C)oc2ncn(C)c(=O)c12. The van der Waals surface area contributed by atoms with Gasteiger partial charge in [-0.2, -0.15) is 0 Å². The molecule has 1 unspecified atom stereocenters. The van der Waals surface area contributed by atoms with Gasteiger partial charge in [0.05, 0.1) is 5.56 Å². The summed E-state index contributed by atoms with van der Waals surface area (Å²) < 4.78 is 6.72. The van der Waals surface area contributed by atoms with Crippen LogP contribution in [0, 0.1) is 6.92 Å². The quantitative estimate of drug-likeness (QED) is 0.907. The van der Waals surface area contributed by atoms with Crippen LogP contribution < -0.4 is 10.9 Å². The van der Waals surface area contributed by atoms with Crippen LogP contribution in [0.3, 0.4) is 0 Å². The number of aryl methyl sites for hydroxylation is 2. The molecule has 102 valence electrons. The number of amides is 1. The van der Waals surface area contributed by atoms with Crippen LogP contribution in [0.1, 0.15) is 36.4 Å². The highest BCUT2D eigenvalue weighted by atomic mass is 16.3. The van der Waals surface area contributed by atoms with Crippen LogP contribution >= 0.6 is 0 Å². The zero-order chi connectivity index (χ0) is 14.2. The van der Waals surface area contributed by atoms with Crippen molar-refractivity contribution in [2.24, 2.45) is 7.05 Å². The highest BCUT2D eigenvalue weighted by molar-refractivity contribution is 6.06. The van der Waals surface area contributed by atoms with Crippen LogP contribution in [0.4, 0.5) is 0 Å². The predicted octanol–water partition coefficient (Wildman–Crippen LogP) is 1.36. The van der Waals surface area contributed by atoms with Gasteiger partial charge in [-0.3, -0.25) is 9.59 Å². The third kappa shape index (κ3) is 2.25. The number of fused-ring (bicyclic) bond motifs is 1. The number of rotatable bonds is 3. The summed E-state index contributed by atoms with van der Waals surface area (Å²) in [6, 6.07) is 0.0392. The van der Waals surface area contributed by atoms with Gasteiger partial charge in [0.15, 0.2) is 0 Å². The molecule has 1 amide bonds. The first kappa shape index (κ1) is 13.3. The predicted molar refractivity (Wildman–Crippen MR) is 71.2 cm³/mol. The number of nitrogens with one attached hydrogen (secondary N) is 1. The molecule has 6 heteroatoms. The molecule has 2 heterocycles. The van der Waals surface area contributed by atoms with Gasteiger partial charge in [0, 0.05) is 13.1 Å². The number of carbonyl (C=O) groups excluding carboxylic acids is 1. The Morgan fingerprint density at radius 1 is 1.58 bits per heavy atom. The molecule has 0 bridgehead atoms. The van der Waals surface area contributed by atoms with Crippen molar-refractivity contribution in [2.75, 3.05) is 0 Å². The minimum Gasteiger partial charge on any atom is -0.442 e. The van der Waals surface area contributed by atoms with Gasteiger partial charge in [-0.25, -0.2) is 4.98 Å². The monoisotopic (exact) mass is 263 g/mol. The summed E-state index contributed by atoms with van der Waals surface area (Å²) in [5.41, 5.74) is 0.204. The smallest absolute Gasteiger partial charge is 0.265 e. The van der Waals surface area contributed by atoms with Crippen molar-refractivity contribution in [3.05, 3.63) is 28.0 Å². The highest BCUT2D eigenvalue weighted by Gasteiger charge is 2.22. The summed E-state index contributed by atoms with van der Waals surface area (Å²) in [4.78, 5) is 28.4. The average molecular weight is 263 g/mol. The van der Waals surface area contributed by atoms with E-state index < -0.39 is 0 Å². The molecule has 6 nitrogen and oxygen atoms in total. The van der Waals surface area contributed by atoms with E-state index in [1.165, 1.54) is 10.9 Å². The fraction of sp³-hybridized carbons (Fsp3) is 0.462. The number of nitrogens with zero attached hydrogens (tertiary/aromatic N) is 2. The van der Waals surface area contributed by atoms with E-state index in [-0.39, 0.29) is 34.2 Å². The van der Waals surface area contributed by atoms with Crippen molar-refractivity contribution in [1.82, 2.24) is 14.9 Å². The van der Waals surface area contributed by atoms with E-state index in [0.29, 0.717) is 5.76 Å². The van der Waals surface area contributed by atoms with Gasteiger partial charge < -0.3 is 14.3 Å². The van der Waals surface area contributed by atoms with Gasteiger partial charge in [0.25, 0.3) is 11.5 Å². The first-order chi connectivity index (χ1) is 8.95. The number of furan rings is 1. The second kappa shape index (κ2) is 4.87. The van der Waals surface area contributed by atoms with Gasteiger partial charge in [0.2, 0.25) is 5.71 Å². The van der Waals surface area contributed by atoms with Crippen LogP contribution in [-0.4, -0.2) is 21.5 Å². The van der Waals surface area contributed by atoms with E-state index in [1.54, 1.807) is 14.0 Å². The first-order valence-corrected chi connectivity index (χ1v) is 6.21. The largest absolute Gasteiger partial charge is 0.442 e. The zero-order valence-corrected chi connectivity index (χ0v) is 11.5. The molecule has 0 fully saturated rings. The molecule has 0 aliphatic heterocycles. The minimum absolute atomic E-state index is 0.0392. The molecule has 0 saturated carbocycles. The first-order valence-electron chi connectivity index (χ1n) is 6.21. The molecule has 0 radical (unpaired) electrons. The van der Waals surface area contributed by atoms with Gasteiger partial charge in [-0.05, 0) is 20.3 Å². The van der Waals surface area contributed by atoms with Crippen molar-refractivity contribution in [3.63, 3.8) is 0 Å². The summed E-state index contributed by atoms with van der Waals surface area (Å²) in [6.45, 7) is 5.55. The lowest BCUT2D eigenvalue weighted by Crippen LogP contribution is -2.33. The maximum Gasteiger partial charge on any atom is 0.265 e. The standard InChI is InChI=1S/C13H17N3O3/c1-5-7(2)15-11(17)9-8(3)19-12-10(9)13(18)16(4)6-14-12/h6-7H,5H2,1-4H3,(H,15,17). The minimum atomic E-state index is -0.296. The Morgan fingerprint density at radius 3 is 2.89 bits per heavy atom. The molecule has 2 aromatic rings. The maximum atomic E-state index is 12.2. The Kier molecular flexibility index (Phi) is 3.42. The third-order valence-electron chi connectivity index (χ3n) is 3.17. The fourth-order valence-corrected chi connectivity index (χ4v) is 1.86. The van der Waals surface area contributed by atoms with Crippen molar-refractivity contribution >= 4 is 17.0 Å². The Bertz CT molecular complexity index is 684. The van der Waals surface area contributed by atoms with Crippen molar-refractivity contribution in [3.8, 4) is 0 Å². The molecule has 0 aromatic carbocycles. The number of aromatic nitrogens is 2. The van der Waals surface area contributed by atoms with Crippen LogP contribution in [0.5, 0.6) is 0 Å². The van der Waals surface area contributed by atoms with Gasteiger partial charge in [-0.1, -0.05) is 6.92 Å². The lowest BCUT2D eigenvalue weighted by atomic mass is 10.1. The maximum absolute atomic E-state index is 12.2. The van der Waals surface area contributed by atoms with E-state index in [4.69, 9.17) is 4.42 Å². The third-order valence-corrected chi connectivity index (χ3v) is 3.17. The van der Waals surface area contributed by atoms with Crippen LogP contribution in [0.25, 0.3) is 11.1 Å². The molecule has 0 aliphatic carbocycles. The molecule has 2 rings (SSSR count). The second-order valence-electron chi connectivity index (χ2n) is 4.66. The molecule has 0 spiro atoms. The topological polar surface area (TPSA) is 77.1 Å². The average Bonchev–Trinajstić information content (AvgIpc) is 2.71. The summed E-state index contributed by atoms with van der Waals surface area (Å²) in [5, 5.41) is 3.08. The van der Waals surface area contributed by atoms with E-state index in [9.17, 15) is 9.59 Å². The van der Waals surface area contributed by atoms with Crippen LogP contribution in [-0.2, 0) is 7.05 Å². The molecule has 2 aromatic heterocycles. The number of hydrogen-bond donors (Lipinski definition) is 1. The van der Waals surface area contributed by atoms with Gasteiger partial charge >= 0.3 is 0 Å². The molecule has 1 N–H and O–H groups in total. The lowest BCUT2D eigenvalue weighted by molar-refractivity contribution is 0.0939. The second-order valence-corrected chi connectivity index (χ2v) is 4.66. The molecule has 1 atom stereocenters. The van der Waals surface area contributed by atoms with Crippen molar-refractivity contribution < 1.29 is 9.21 Å². The molecule has 0 saturated heterocycles. The van der Waals surface area contributed by atoms with Crippen LogP contribution in [0.15, 0.2) is 15.5 Å². The lowest BCUT2D eigenvalue weighted by Gasteiger charge is -2.10. The van der Waals surface area contributed by atoms with Gasteiger partial charge in [-0.15, -0.1) is 0 Å². The van der Waals surface area contributed by atoms with Crippen molar-refractivity contribution in [1.29, 1.82) is 0 Å². The molecular formula is C13H17N3O3. The molecular weight excluding hydrogens is 246 g/mol. The Balaban J connectivity index is 2.60. The summed E-state index contributed by atoms with van der Waals surface area (Å²) in [6.07, 6.45) is 2.20. The van der Waals surface area contributed by atoms with E-state index in [2.05, 4.69) is 10.3 Å². The van der Waals surface area contributed by atoms with Crippen LogP contribution in [0.2, 0.25) is 0 Å². The Labute approximate surface area is 110 Å². The van der Waals surface area contributed by atoms with Crippen molar-refractivity contribution in [2.45, 2.75) is 33.2 Å². The van der Waals surface area contributed by atoms with Gasteiger partial charge in [0.1, 0.15) is 17.5 Å².